The predicted octanol–water partition coefficient (Wildman–Crippen LogP) is 11.7. The van der Waals surface area contributed by atoms with E-state index in [0.29, 0.717) is 28.0 Å². The number of carboxylic acid groups (broad SMARTS) is 1. The molecule has 8 aliphatic rings. The summed E-state index contributed by atoms with van der Waals surface area (Å²) in [5.41, 5.74) is 3.14. The first kappa shape index (κ1) is 59.2. The Morgan fingerprint density at radius 1 is 0.518 bits per heavy atom. The molecule has 13 rings (SSSR count). The standard InChI is InChI=1S/C40H42F4N2O3.C16H23NO.C8F4O3.CH4/c1-37(2)9-13-45-15-11-39(5,6)26-32(45)21(37)17-19-23(24-25(36(47)48)29(42)31(44)30(43)28(24)41)20-18-22-33-27(35(20)49-34(19)26)40(7,8)12-16-46(33)14-10-38(22,3)4;1-15(2)7-9-17-10-8-16(3,4)13-12(18)6-5-11(15)14(13)17;9-3-1-2(8(14)15-7(1)13)4(10)6(12)5(3)11;/h17-18H,9-16H2,1-8H3;5-6,18H,7-10H2,1-4H3;;1H4. The van der Waals surface area contributed by atoms with Crippen molar-refractivity contribution in [2.45, 2.75) is 162 Å². The van der Waals surface area contributed by atoms with E-state index in [1.165, 1.54) is 23.2 Å². The lowest BCUT2D eigenvalue weighted by Crippen LogP contribution is -2.54. The van der Waals surface area contributed by atoms with E-state index in [-0.39, 0.29) is 34.7 Å². The Balaban J connectivity index is 0.000000183. The summed E-state index contributed by atoms with van der Waals surface area (Å²) in [6.45, 7) is 31.8. The molecule has 0 saturated heterocycles. The highest BCUT2D eigenvalue weighted by atomic mass is 19.2. The number of carboxylic acids is 1. The van der Waals surface area contributed by atoms with Crippen LogP contribution in [0.5, 0.6) is 17.2 Å². The summed E-state index contributed by atoms with van der Waals surface area (Å²) in [7, 11) is 0. The first-order chi connectivity index (χ1) is 38.1. The van der Waals surface area contributed by atoms with Gasteiger partial charge in [0.2, 0.25) is 5.36 Å². The summed E-state index contributed by atoms with van der Waals surface area (Å²) in [4.78, 5) is 39.1. The minimum atomic E-state index is -2.19. The second-order valence-electron chi connectivity index (χ2n) is 27.1. The van der Waals surface area contributed by atoms with E-state index in [1.54, 1.807) is 0 Å². The summed E-state index contributed by atoms with van der Waals surface area (Å²) in [5.74, 6) is -20.1. The van der Waals surface area contributed by atoms with Crippen molar-refractivity contribution >= 4 is 34.9 Å². The number of fused-ring (bicyclic) bond motifs is 5. The highest BCUT2D eigenvalue weighted by molar-refractivity contribution is 6.15. The van der Waals surface area contributed by atoms with Crippen molar-refractivity contribution in [2.75, 3.05) is 49.1 Å². The Morgan fingerprint density at radius 3 is 1.48 bits per heavy atom. The molecule has 0 saturated carbocycles. The average molecular weight is 1160 g/mol. The van der Waals surface area contributed by atoms with E-state index >= 15 is 13.2 Å². The summed E-state index contributed by atoms with van der Waals surface area (Å²) in [6, 6.07) is 7.81. The van der Waals surface area contributed by atoms with Crippen molar-refractivity contribution < 1.29 is 69.2 Å². The fourth-order valence-electron chi connectivity index (χ4n) is 14.0. The fraction of sp³-hybridized carbons (Fsp3) is 0.477. The van der Waals surface area contributed by atoms with Crippen LogP contribution in [0.1, 0.15) is 205 Å². The van der Waals surface area contributed by atoms with Crippen molar-refractivity contribution in [1.29, 1.82) is 0 Å². The van der Waals surface area contributed by atoms with Crippen LogP contribution < -0.4 is 34.8 Å². The van der Waals surface area contributed by atoms with Gasteiger partial charge in [-0.1, -0.05) is 96.6 Å². The van der Waals surface area contributed by atoms with Gasteiger partial charge in [-0.05, 0) is 76.7 Å². The van der Waals surface area contributed by atoms with Crippen molar-refractivity contribution in [3.8, 4) is 17.2 Å². The van der Waals surface area contributed by atoms with Gasteiger partial charge in [0.25, 0.3) is 0 Å². The zero-order chi connectivity index (χ0) is 59.8. The number of carbonyl (C=O) groups is 3. The molecule has 8 heterocycles. The maximum absolute atomic E-state index is 16.5. The average Bonchev–Trinajstić information content (AvgIpc) is 1.89. The number of nitrogens with zero attached hydrogens (tertiary/aromatic N) is 3. The fourth-order valence-corrected chi connectivity index (χ4v) is 14.0. The number of hydrogen-bond donors (Lipinski definition) is 1. The first-order valence-corrected chi connectivity index (χ1v) is 27.9. The van der Waals surface area contributed by atoms with Gasteiger partial charge in [0, 0.05) is 105 Å². The minimum absolute atomic E-state index is 0. The minimum Gasteiger partial charge on any atom is -0.545 e. The van der Waals surface area contributed by atoms with Crippen molar-refractivity contribution in [3.05, 3.63) is 143 Å². The molecule has 8 aliphatic heterocycles. The molecule has 0 bridgehead atoms. The molecule has 18 heteroatoms. The number of esters is 2. The summed E-state index contributed by atoms with van der Waals surface area (Å²) >= 11 is 0. The molecule has 0 unspecified atom stereocenters. The van der Waals surface area contributed by atoms with Crippen LogP contribution in [0.25, 0.3) is 5.57 Å². The van der Waals surface area contributed by atoms with Gasteiger partial charge in [-0.2, -0.15) is 0 Å². The monoisotopic (exact) mass is 1160 g/mol. The molecule has 5 aromatic carbocycles. The molecule has 83 heavy (non-hydrogen) atoms. The maximum Gasteiger partial charge on any atom is 0.350 e. The van der Waals surface area contributed by atoms with Gasteiger partial charge < -0.3 is 34.3 Å². The lowest BCUT2D eigenvalue weighted by Gasteiger charge is -2.49. The Labute approximate surface area is 477 Å². The topological polar surface area (TPSA) is 122 Å². The van der Waals surface area contributed by atoms with Crippen LogP contribution >= 0.6 is 0 Å². The van der Waals surface area contributed by atoms with Gasteiger partial charge in [-0.25, -0.2) is 49.3 Å². The molecule has 442 valence electrons. The zero-order valence-corrected chi connectivity index (χ0v) is 48.1. The predicted molar refractivity (Wildman–Crippen MR) is 297 cm³/mol. The molecule has 0 amide bonds. The quantitative estimate of drug-likeness (QED) is 0.0451. The summed E-state index contributed by atoms with van der Waals surface area (Å²) in [6.07, 6.45) is 5.58. The largest absolute Gasteiger partial charge is 0.545 e. The number of rotatable bonds is 2. The number of halogens is 8. The zero-order valence-electron chi connectivity index (χ0n) is 48.1. The lowest BCUT2D eigenvalue weighted by atomic mass is 9.67. The van der Waals surface area contributed by atoms with Crippen LogP contribution in [0.15, 0.2) is 24.3 Å². The van der Waals surface area contributed by atoms with Gasteiger partial charge in [0.05, 0.1) is 11.5 Å². The Bertz CT molecular complexity index is 3830. The molecule has 10 nitrogen and oxygen atoms in total. The number of aromatic hydroxyl groups is 1. The molecule has 0 aromatic heterocycles. The second-order valence-corrected chi connectivity index (χ2v) is 27.1. The molecule has 1 N–H and O–H groups in total. The third kappa shape index (κ3) is 8.73. The molecule has 0 radical (unpaired) electrons. The molecule has 5 aromatic rings. The van der Waals surface area contributed by atoms with Gasteiger partial charge >= 0.3 is 11.9 Å². The number of phenolic OH excluding ortho intramolecular Hbond substituents is 1. The molecule has 0 aliphatic carbocycles. The number of hydrogen-bond acceptors (Lipinski definition) is 9. The highest BCUT2D eigenvalue weighted by Crippen LogP contribution is 2.58. The van der Waals surface area contributed by atoms with Gasteiger partial charge in [-0.15, -0.1) is 0 Å². The van der Waals surface area contributed by atoms with Crippen molar-refractivity contribution in [2.24, 2.45) is 0 Å². The normalized spacial score (nSPS) is 20.5. The number of carbonyl (C=O) groups excluding carboxylic acids is 3. The second kappa shape index (κ2) is 19.3. The Morgan fingerprint density at radius 2 is 0.952 bits per heavy atom. The van der Waals surface area contributed by atoms with Crippen LogP contribution in [0, 0.1) is 46.5 Å². The van der Waals surface area contributed by atoms with E-state index in [2.05, 4.69) is 108 Å². The van der Waals surface area contributed by atoms with E-state index in [1.807, 2.05) is 18.2 Å². The number of benzene rings is 5. The van der Waals surface area contributed by atoms with Crippen LogP contribution in [0.3, 0.4) is 0 Å². The summed E-state index contributed by atoms with van der Waals surface area (Å²) in [5, 5.41) is 24.4. The molecule has 0 spiro atoms. The Kier molecular flexibility index (Phi) is 13.7. The van der Waals surface area contributed by atoms with Gasteiger partial charge in [-0.3, -0.25) is 0 Å². The lowest BCUT2D eigenvalue weighted by molar-refractivity contribution is -0.255. The van der Waals surface area contributed by atoms with Gasteiger partial charge in [0.15, 0.2) is 46.5 Å². The van der Waals surface area contributed by atoms with Crippen molar-refractivity contribution in [1.82, 2.24) is 4.58 Å². The number of cyclic esters (lactones) is 2. The number of anilines is 2. The number of ether oxygens (including phenoxy) is 2. The SMILES string of the molecule is C.CC1(C)CCN2CCC(C)(C)c3c(O)ccc1c32.CC1(C)CCN2CCC(C)(C)c3c4c(cc1c32)C(c1c(F)c(F)c(F)c(F)c1C(=O)[O-])=c1cc2c3c(c1O4)C(C)(C)CC[N+]=3CCC2(C)C.O=C1OC(=O)c2c(F)c(F)c(F)c(F)c21. The third-order valence-corrected chi connectivity index (χ3v) is 19.2. The van der Waals surface area contributed by atoms with Crippen LogP contribution in [-0.2, 0) is 37.2 Å². The third-order valence-electron chi connectivity index (χ3n) is 19.2. The van der Waals surface area contributed by atoms with Gasteiger partial charge in [0.1, 0.15) is 41.5 Å². The van der Waals surface area contributed by atoms with Crippen LogP contribution in [0.2, 0.25) is 0 Å². The molecule has 0 atom stereocenters. The first-order valence-electron chi connectivity index (χ1n) is 27.9. The highest BCUT2D eigenvalue weighted by Gasteiger charge is 2.49. The Hall–Kier alpha value is -6.98. The number of phenols is 1. The van der Waals surface area contributed by atoms with E-state index in [9.17, 15) is 46.5 Å². The molecular formula is C65H69F8N3O7. The van der Waals surface area contributed by atoms with Crippen molar-refractivity contribution in [3.63, 3.8) is 0 Å². The molecular weight excluding hydrogens is 1090 g/mol. The molecule has 0 fully saturated rings. The number of aromatic carboxylic acids is 1. The van der Waals surface area contributed by atoms with Crippen LogP contribution in [0.4, 0.5) is 46.5 Å². The maximum atomic E-state index is 16.5. The van der Waals surface area contributed by atoms with E-state index in [4.69, 9.17) is 4.74 Å². The van der Waals surface area contributed by atoms with E-state index in [0.717, 1.165) is 105 Å². The summed E-state index contributed by atoms with van der Waals surface area (Å²) < 4.78 is 127. The smallest absolute Gasteiger partial charge is 0.350 e. The van der Waals surface area contributed by atoms with Crippen LogP contribution in [-0.4, -0.2) is 62.3 Å². The van der Waals surface area contributed by atoms with E-state index < -0.39 is 97.5 Å².